The van der Waals surface area contributed by atoms with Gasteiger partial charge in [-0.3, -0.25) is 4.79 Å². The van der Waals surface area contributed by atoms with Crippen LogP contribution in [0.4, 0.5) is 0 Å². The highest BCUT2D eigenvalue weighted by Crippen LogP contribution is 2.34. The lowest BCUT2D eigenvalue weighted by Crippen LogP contribution is -2.42. The lowest BCUT2D eigenvalue weighted by molar-refractivity contribution is -0.125. The average Bonchev–Trinajstić information content (AvgIpc) is 3.29. The predicted octanol–water partition coefficient (Wildman–Crippen LogP) is 2.50. The molecule has 0 spiro atoms. The highest BCUT2D eigenvalue weighted by molar-refractivity contribution is 5.79. The van der Waals surface area contributed by atoms with Crippen molar-refractivity contribution in [2.24, 2.45) is 17.6 Å². The topological polar surface area (TPSA) is 55.1 Å². The van der Waals surface area contributed by atoms with Crippen LogP contribution in [0.1, 0.15) is 38.2 Å². The van der Waals surface area contributed by atoms with E-state index >= 15 is 0 Å². The van der Waals surface area contributed by atoms with Gasteiger partial charge in [-0.05, 0) is 30.7 Å². The Morgan fingerprint density at radius 1 is 1.35 bits per heavy atom. The smallest absolute Gasteiger partial charge is 0.224 e. The molecule has 1 aliphatic rings. The van der Waals surface area contributed by atoms with Gasteiger partial charge < -0.3 is 11.1 Å². The Kier molecular flexibility index (Phi) is 5.60. The second-order valence-corrected chi connectivity index (χ2v) is 5.92. The van der Waals surface area contributed by atoms with Crippen molar-refractivity contribution >= 4 is 5.91 Å². The summed E-state index contributed by atoms with van der Waals surface area (Å²) in [4.78, 5) is 12.4. The highest BCUT2D eigenvalue weighted by atomic mass is 16.1. The van der Waals surface area contributed by atoms with E-state index in [0.29, 0.717) is 12.6 Å². The average molecular weight is 274 g/mol. The van der Waals surface area contributed by atoms with Crippen molar-refractivity contribution in [3.8, 4) is 0 Å². The van der Waals surface area contributed by atoms with Gasteiger partial charge in [-0.15, -0.1) is 0 Å². The molecule has 1 amide bonds. The van der Waals surface area contributed by atoms with E-state index in [4.69, 9.17) is 5.73 Å². The molecule has 0 bridgehead atoms. The van der Waals surface area contributed by atoms with Crippen LogP contribution in [0.2, 0.25) is 0 Å². The lowest BCUT2D eigenvalue weighted by atomic mass is 9.97. The van der Waals surface area contributed by atoms with Gasteiger partial charge in [-0.2, -0.15) is 0 Å². The molecular formula is C17H26N2O. The maximum absolute atomic E-state index is 12.4. The van der Waals surface area contributed by atoms with Gasteiger partial charge in [0.1, 0.15) is 0 Å². The number of carbonyl (C=O) groups excluding carboxylic acids is 1. The first-order valence-corrected chi connectivity index (χ1v) is 7.77. The summed E-state index contributed by atoms with van der Waals surface area (Å²) in [7, 11) is 0. The molecule has 3 heteroatoms. The molecule has 1 aliphatic carbocycles. The molecule has 2 unspecified atom stereocenters. The van der Waals surface area contributed by atoms with E-state index in [-0.39, 0.29) is 11.8 Å². The molecule has 1 saturated carbocycles. The minimum Gasteiger partial charge on any atom is -0.353 e. The number of hydrogen-bond donors (Lipinski definition) is 2. The zero-order valence-corrected chi connectivity index (χ0v) is 12.3. The van der Waals surface area contributed by atoms with Gasteiger partial charge in [0.15, 0.2) is 0 Å². The summed E-state index contributed by atoms with van der Waals surface area (Å²) in [5.74, 6) is 0.834. The van der Waals surface area contributed by atoms with E-state index in [1.165, 1.54) is 18.4 Å². The number of nitrogens with two attached hydrogens (primary N) is 1. The summed E-state index contributed by atoms with van der Waals surface area (Å²) in [6, 6.07) is 10.4. The number of rotatable bonds is 8. The molecule has 3 nitrogen and oxygen atoms in total. The summed E-state index contributed by atoms with van der Waals surface area (Å²) in [6.07, 6.45) is 5.52. The molecule has 1 aromatic rings. The Morgan fingerprint density at radius 2 is 2.05 bits per heavy atom. The largest absolute Gasteiger partial charge is 0.353 e. The second kappa shape index (κ2) is 7.44. The molecule has 2 atom stereocenters. The van der Waals surface area contributed by atoms with Crippen molar-refractivity contribution in [1.82, 2.24) is 5.32 Å². The monoisotopic (exact) mass is 274 g/mol. The number of hydrogen-bond acceptors (Lipinski definition) is 2. The van der Waals surface area contributed by atoms with E-state index in [2.05, 4.69) is 24.4 Å². The van der Waals surface area contributed by atoms with Gasteiger partial charge in [0, 0.05) is 12.6 Å². The molecule has 1 aromatic carbocycles. The first kappa shape index (κ1) is 15.0. The molecular weight excluding hydrogens is 248 g/mol. The Bertz CT molecular complexity index is 414. The van der Waals surface area contributed by atoms with Crippen LogP contribution >= 0.6 is 0 Å². The zero-order valence-electron chi connectivity index (χ0n) is 12.3. The predicted molar refractivity (Wildman–Crippen MR) is 82.3 cm³/mol. The van der Waals surface area contributed by atoms with Gasteiger partial charge in [0.25, 0.3) is 0 Å². The van der Waals surface area contributed by atoms with E-state index < -0.39 is 0 Å². The molecule has 0 saturated heterocycles. The Morgan fingerprint density at radius 3 is 2.60 bits per heavy atom. The fraction of sp³-hybridized carbons (Fsp3) is 0.588. The van der Waals surface area contributed by atoms with E-state index in [9.17, 15) is 4.79 Å². The van der Waals surface area contributed by atoms with Gasteiger partial charge in [0.2, 0.25) is 5.91 Å². The molecule has 1 fully saturated rings. The number of nitrogens with one attached hydrogen (secondary N) is 1. The molecule has 2 rings (SSSR count). The summed E-state index contributed by atoms with van der Waals surface area (Å²) in [5.41, 5.74) is 6.97. The van der Waals surface area contributed by atoms with E-state index in [1.54, 1.807) is 0 Å². The van der Waals surface area contributed by atoms with Crippen molar-refractivity contribution in [3.63, 3.8) is 0 Å². The zero-order chi connectivity index (χ0) is 14.4. The summed E-state index contributed by atoms with van der Waals surface area (Å²) >= 11 is 0. The molecule has 0 aromatic heterocycles. The van der Waals surface area contributed by atoms with Crippen LogP contribution in [0, 0.1) is 11.8 Å². The lowest BCUT2D eigenvalue weighted by Gasteiger charge is -2.21. The SMILES string of the molecule is CCC(CC1CC1)NC(=O)C(CN)Cc1ccccc1. The van der Waals surface area contributed by atoms with E-state index in [0.717, 1.165) is 25.2 Å². The minimum absolute atomic E-state index is 0.115. The van der Waals surface area contributed by atoms with Crippen molar-refractivity contribution in [3.05, 3.63) is 35.9 Å². The number of amides is 1. The summed E-state index contributed by atoms with van der Waals surface area (Å²) in [5, 5.41) is 3.19. The fourth-order valence-electron chi connectivity index (χ4n) is 2.58. The molecule has 110 valence electrons. The normalized spacial score (nSPS) is 17.5. The van der Waals surface area contributed by atoms with Crippen LogP contribution in [-0.2, 0) is 11.2 Å². The molecule has 0 aliphatic heterocycles. The third-order valence-electron chi connectivity index (χ3n) is 4.13. The second-order valence-electron chi connectivity index (χ2n) is 5.92. The van der Waals surface area contributed by atoms with Crippen molar-refractivity contribution < 1.29 is 4.79 Å². The third kappa shape index (κ3) is 4.64. The van der Waals surface area contributed by atoms with Gasteiger partial charge in [-0.1, -0.05) is 50.1 Å². The van der Waals surface area contributed by atoms with Gasteiger partial charge in [-0.25, -0.2) is 0 Å². The van der Waals surface area contributed by atoms with Crippen LogP contribution in [0.5, 0.6) is 0 Å². The Hall–Kier alpha value is -1.35. The third-order valence-corrected chi connectivity index (χ3v) is 4.13. The van der Waals surface area contributed by atoms with Gasteiger partial charge in [0.05, 0.1) is 5.92 Å². The molecule has 0 radical (unpaired) electrons. The van der Waals surface area contributed by atoms with Gasteiger partial charge >= 0.3 is 0 Å². The number of carbonyl (C=O) groups is 1. The Balaban J connectivity index is 1.87. The van der Waals surface area contributed by atoms with Crippen LogP contribution in [0.3, 0.4) is 0 Å². The molecule has 20 heavy (non-hydrogen) atoms. The van der Waals surface area contributed by atoms with Crippen molar-refractivity contribution in [1.29, 1.82) is 0 Å². The highest BCUT2D eigenvalue weighted by Gasteiger charge is 2.27. The van der Waals surface area contributed by atoms with Crippen molar-refractivity contribution in [2.75, 3.05) is 6.54 Å². The minimum atomic E-state index is -0.120. The summed E-state index contributed by atoms with van der Waals surface area (Å²) in [6.45, 7) is 2.54. The summed E-state index contributed by atoms with van der Waals surface area (Å²) < 4.78 is 0. The first-order chi connectivity index (χ1) is 9.72. The quantitative estimate of drug-likeness (QED) is 0.765. The van der Waals surface area contributed by atoms with Crippen LogP contribution < -0.4 is 11.1 Å². The van der Waals surface area contributed by atoms with Crippen LogP contribution in [0.15, 0.2) is 30.3 Å². The van der Waals surface area contributed by atoms with E-state index in [1.807, 2.05) is 18.2 Å². The molecule has 0 heterocycles. The maximum atomic E-state index is 12.4. The number of benzene rings is 1. The Labute approximate surface area is 121 Å². The maximum Gasteiger partial charge on any atom is 0.224 e. The molecule has 3 N–H and O–H groups in total. The van der Waals surface area contributed by atoms with Crippen LogP contribution in [-0.4, -0.2) is 18.5 Å². The fourth-order valence-corrected chi connectivity index (χ4v) is 2.58. The van der Waals surface area contributed by atoms with Crippen LogP contribution in [0.25, 0.3) is 0 Å². The first-order valence-electron chi connectivity index (χ1n) is 7.77. The van der Waals surface area contributed by atoms with Crippen molar-refractivity contribution in [2.45, 2.75) is 45.1 Å². The standard InChI is InChI=1S/C17H26N2O/c1-2-16(11-14-8-9-14)19-17(20)15(12-18)10-13-6-4-3-5-7-13/h3-7,14-16H,2,8-12,18H2,1H3,(H,19,20).